The Hall–Kier alpha value is 0.840. The van der Waals surface area contributed by atoms with Crippen LogP contribution in [0.3, 0.4) is 0 Å². The zero-order valence-electron chi connectivity index (χ0n) is 3.05. The van der Waals surface area contributed by atoms with Crippen molar-refractivity contribution in [2.45, 2.75) is 0 Å². The summed E-state index contributed by atoms with van der Waals surface area (Å²) in [4.78, 5) is 0. The van der Waals surface area contributed by atoms with Gasteiger partial charge in [0.15, 0.2) is 0 Å². The summed E-state index contributed by atoms with van der Waals surface area (Å²) in [6.07, 6.45) is 0. The predicted octanol–water partition coefficient (Wildman–Crippen LogP) is -0.622. The maximum atomic E-state index is 10.2. The second kappa shape index (κ2) is 2.92. The van der Waals surface area contributed by atoms with Crippen molar-refractivity contribution in [2.24, 2.45) is 0 Å². The van der Waals surface area contributed by atoms with E-state index < -0.39 is 10.5 Å². The van der Waals surface area contributed by atoms with Gasteiger partial charge in [-0.15, -0.1) is 0 Å². The Bertz CT molecular complexity index is 94.0. The molecule has 0 aliphatic heterocycles. The Labute approximate surface area is 56.9 Å². The molecule has 6 heteroatoms. The van der Waals surface area contributed by atoms with Gasteiger partial charge in [-0.2, -0.15) is 8.42 Å². The van der Waals surface area contributed by atoms with Crippen molar-refractivity contribution in [3.8, 4) is 0 Å². The summed E-state index contributed by atoms with van der Waals surface area (Å²) in [6.45, 7) is 0. The summed E-state index contributed by atoms with van der Waals surface area (Å²) in [6, 6.07) is 0. The third-order valence-corrected chi connectivity index (χ3v) is 0. The van der Waals surface area contributed by atoms with Crippen LogP contribution >= 0.6 is 0 Å². The topological polar surface area (TPSA) is 54.4 Å². The van der Waals surface area contributed by atoms with Gasteiger partial charge in [0.2, 0.25) is 0 Å². The summed E-state index contributed by atoms with van der Waals surface area (Å²) in [7, 11) is -5.17. The standard InChI is InChI=1S/FHO3S.Na/c1-5(2,3)4;/h(H,2,3,4);. The average Bonchev–Trinajstić information content (AvgIpc) is 0.722. The number of rotatable bonds is 0. The molecule has 3 nitrogen and oxygen atoms in total. The van der Waals surface area contributed by atoms with Crippen molar-refractivity contribution in [1.82, 2.24) is 0 Å². The Morgan fingerprint density at radius 3 is 1.50 bits per heavy atom. The molecule has 0 aliphatic rings. The van der Waals surface area contributed by atoms with Gasteiger partial charge in [-0.25, -0.2) is 0 Å². The van der Waals surface area contributed by atoms with Gasteiger partial charge >= 0.3 is 10.5 Å². The summed E-state index contributed by atoms with van der Waals surface area (Å²) in [5.74, 6) is 0. The third kappa shape index (κ3) is 101. The predicted molar refractivity (Wildman–Crippen MR) is 18.4 cm³/mol. The molecule has 0 atom stereocenters. The second-order valence-corrected chi connectivity index (χ2v) is 1.24. The molecular weight excluding hydrogens is 122 g/mol. The molecule has 6 heavy (non-hydrogen) atoms. The van der Waals surface area contributed by atoms with Crippen molar-refractivity contribution >= 4 is 40.1 Å². The van der Waals surface area contributed by atoms with E-state index >= 15 is 0 Å². The molecule has 0 amide bonds. The Kier molecular flexibility index (Phi) is 4.85. The molecule has 0 fully saturated rings. The molecule has 0 aromatic rings. The van der Waals surface area contributed by atoms with Crippen molar-refractivity contribution < 1.29 is 16.9 Å². The fourth-order valence-electron chi connectivity index (χ4n) is 0. The molecule has 0 heterocycles. The molecule has 0 saturated carbocycles. The zero-order valence-corrected chi connectivity index (χ0v) is 5.87. The second-order valence-electron chi connectivity index (χ2n) is 0.412. The van der Waals surface area contributed by atoms with E-state index in [0.29, 0.717) is 0 Å². The van der Waals surface area contributed by atoms with Crippen LogP contribution in [0.4, 0.5) is 3.89 Å². The van der Waals surface area contributed by atoms with Crippen molar-refractivity contribution in [2.75, 3.05) is 0 Å². The fourth-order valence-corrected chi connectivity index (χ4v) is 0. The van der Waals surface area contributed by atoms with Crippen LogP contribution in [0.5, 0.6) is 0 Å². The van der Waals surface area contributed by atoms with E-state index in [2.05, 4.69) is 0 Å². The maximum absolute atomic E-state index is 10.2. The number of hydrogen-bond acceptors (Lipinski definition) is 2. The average molecular weight is 123 g/mol. The molecule has 33 valence electrons. The van der Waals surface area contributed by atoms with Crippen LogP contribution in [0.25, 0.3) is 0 Å². The Balaban J connectivity index is 0. The first-order valence-electron chi connectivity index (χ1n) is 0.670. The molecule has 0 aliphatic carbocycles. The summed E-state index contributed by atoms with van der Waals surface area (Å²) in [5.41, 5.74) is 0. The summed E-state index contributed by atoms with van der Waals surface area (Å²) in [5, 5.41) is 0. The van der Waals surface area contributed by atoms with E-state index in [1.54, 1.807) is 0 Å². The molecule has 0 rings (SSSR count). The van der Waals surface area contributed by atoms with Crippen LogP contribution in [0, 0.1) is 0 Å². The van der Waals surface area contributed by atoms with Gasteiger partial charge in [0.05, 0.1) is 0 Å². The van der Waals surface area contributed by atoms with Gasteiger partial charge in [0.1, 0.15) is 0 Å². The van der Waals surface area contributed by atoms with E-state index in [0.717, 1.165) is 0 Å². The number of hydrogen-bond donors (Lipinski definition) is 1. The minimum absolute atomic E-state index is 0. The van der Waals surface area contributed by atoms with Crippen LogP contribution in [0.2, 0.25) is 0 Å². The van der Waals surface area contributed by atoms with E-state index in [9.17, 15) is 3.89 Å². The van der Waals surface area contributed by atoms with Crippen LogP contribution in [-0.4, -0.2) is 42.5 Å². The summed E-state index contributed by atoms with van der Waals surface area (Å²) >= 11 is 0. The largest absolute Gasteiger partial charge is 0.435 e. The monoisotopic (exact) mass is 123 g/mol. The van der Waals surface area contributed by atoms with E-state index in [1.807, 2.05) is 0 Å². The van der Waals surface area contributed by atoms with Gasteiger partial charge in [-0.05, 0) is 0 Å². The molecule has 1 N–H and O–H groups in total. The molecule has 0 aromatic heterocycles. The quantitative estimate of drug-likeness (QED) is 0.265. The molecule has 0 bridgehead atoms. The van der Waals surface area contributed by atoms with E-state index in [1.165, 1.54) is 0 Å². The maximum Gasteiger partial charge on any atom is 0.435 e. The van der Waals surface area contributed by atoms with Crippen LogP contribution < -0.4 is 0 Å². The third-order valence-electron chi connectivity index (χ3n) is 0. The first kappa shape index (κ1) is 9.96. The first-order valence-corrected chi connectivity index (χ1v) is 2.01. The normalized spacial score (nSPS) is 9.67. The minimum atomic E-state index is -5.17. The van der Waals surface area contributed by atoms with E-state index in [-0.39, 0.29) is 29.6 Å². The van der Waals surface area contributed by atoms with Gasteiger partial charge in [0.25, 0.3) is 0 Å². The van der Waals surface area contributed by atoms with Gasteiger partial charge in [-0.1, -0.05) is 3.89 Å². The SMILES string of the molecule is O=S(=O)(O)F.[Na]. The van der Waals surface area contributed by atoms with Crippen LogP contribution in [0.15, 0.2) is 0 Å². The molecule has 0 aromatic carbocycles. The fraction of sp³-hybridized carbons (Fsp3) is 0. The Morgan fingerprint density at radius 1 is 1.50 bits per heavy atom. The smallest absolute Gasteiger partial charge is 0.260 e. The minimum Gasteiger partial charge on any atom is -0.260 e. The molecule has 0 unspecified atom stereocenters. The Morgan fingerprint density at radius 2 is 1.50 bits per heavy atom. The van der Waals surface area contributed by atoms with Crippen molar-refractivity contribution in [3.63, 3.8) is 0 Å². The molecular formula is HFNaO3S. The zero-order chi connectivity index (χ0) is 4.50. The van der Waals surface area contributed by atoms with Gasteiger partial charge < -0.3 is 0 Å². The summed E-state index contributed by atoms with van der Waals surface area (Å²) < 4.78 is 34.1. The first-order chi connectivity index (χ1) is 2.00. The van der Waals surface area contributed by atoms with Crippen LogP contribution in [-0.2, 0) is 10.5 Å². The molecule has 1 radical (unpaired) electrons. The van der Waals surface area contributed by atoms with Crippen molar-refractivity contribution in [1.29, 1.82) is 0 Å². The van der Waals surface area contributed by atoms with Gasteiger partial charge in [-0.3, -0.25) is 4.55 Å². The number of halogens is 1. The molecule has 0 spiro atoms. The van der Waals surface area contributed by atoms with Crippen LogP contribution in [0.1, 0.15) is 0 Å². The van der Waals surface area contributed by atoms with Crippen molar-refractivity contribution in [3.05, 3.63) is 0 Å². The van der Waals surface area contributed by atoms with E-state index in [4.69, 9.17) is 13.0 Å². The molecule has 0 saturated heterocycles. The van der Waals surface area contributed by atoms with Gasteiger partial charge in [0, 0.05) is 29.6 Å².